The smallest absolute Gasteiger partial charge is 0.274 e. The van der Waals surface area contributed by atoms with Crippen LogP contribution in [0.5, 0.6) is 17.2 Å². The molecule has 0 radical (unpaired) electrons. The highest BCUT2D eigenvalue weighted by Crippen LogP contribution is 2.34. The van der Waals surface area contributed by atoms with Crippen molar-refractivity contribution in [2.75, 3.05) is 34.4 Å². The third kappa shape index (κ3) is 4.91. The maximum Gasteiger partial charge on any atom is 0.274 e. The zero-order valence-corrected chi connectivity index (χ0v) is 18.0. The molecule has 1 fully saturated rings. The molecule has 0 saturated carbocycles. The van der Waals surface area contributed by atoms with E-state index >= 15 is 0 Å². The molecule has 0 spiro atoms. The minimum Gasteiger partial charge on any atom is -0.496 e. The third-order valence-electron chi connectivity index (χ3n) is 5.04. The van der Waals surface area contributed by atoms with Crippen molar-refractivity contribution in [1.82, 2.24) is 25.6 Å². The van der Waals surface area contributed by atoms with Crippen molar-refractivity contribution in [2.24, 2.45) is 0 Å². The lowest BCUT2D eigenvalue weighted by molar-refractivity contribution is 0.0944. The number of carbonyl (C=O) groups excluding carboxylic acids is 1. The Labute approximate surface area is 176 Å². The molecule has 160 valence electrons. The molecule has 10 heteroatoms. The molecule has 1 aliphatic rings. The molecule has 0 aliphatic carbocycles. The second-order valence-electron chi connectivity index (χ2n) is 6.64. The minimum atomic E-state index is -0.280. The Morgan fingerprint density at radius 3 is 2.34 bits per heavy atom. The number of ether oxygens (including phenoxy) is 3. The average molecular weight is 426 g/mol. The molecule has 3 rings (SSSR count). The van der Waals surface area contributed by atoms with Crippen LogP contribution < -0.4 is 24.8 Å². The lowest BCUT2D eigenvalue weighted by Crippen LogP contribution is -2.30. The average Bonchev–Trinajstić information content (AvgIpc) is 3.13. The summed E-state index contributed by atoms with van der Waals surface area (Å²) in [6.45, 7) is 4.01. The molecule has 9 nitrogen and oxygen atoms in total. The third-order valence-corrected chi connectivity index (χ3v) is 5.04. The highest BCUT2D eigenvalue weighted by Gasteiger charge is 2.23. The molecule has 0 atom stereocenters. The van der Waals surface area contributed by atoms with Crippen LogP contribution in [-0.2, 0) is 6.54 Å². The van der Waals surface area contributed by atoms with Crippen LogP contribution >= 0.6 is 12.4 Å². The number of rotatable bonds is 7. The fourth-order valence-corrected chi connectivity index (χ4v) is 3.45. The van der Waals surface area contributed by atoms with E-state index in [-0.39, 0.29) is 30.9 Å². The molecule has 1 aromatic carbocycles. The number of hydrogen-bond donors (Lipinski definition) is 2. The number of benzene rings is 1. The summed E-state index contributed by atoms with van der Waals surface area (Å²) in [6.07, 6.45) is 1.96. The van der Waals surface area contributed by atoms with E-state index in [1.165, 1.54) is 0 Å². The van der Waals surface area contributed by atoms with Gasteiger partial charge in [0.25, 0.3) is 5.91 Å². The monoisotopic (exact) mass is 425 g/mol. The van der Waals surface area contributed by atoms with Crippen LogP contribution in [0.1, 0.15) is 40.6 Å². The van der Waals surface area contributed by atoms with Gasteiger partial charge in [0, 0.05) is 12.1 Å². The van der Waals surface area contributed by atoms with Crippen LogP contribution in [-0.4, -0.2) is 55.3 Å². The number of hydrogen-bond acceptors (Lipinski definition) is 7. The topological polar surface area (TPSA) is 99.5 Å². The highest BCUT2D eigenvalue weighted by atomic mass is 35.5. The van der Waals surface area contributed by atoms with Crippen molar-refractivity contribution in [1.29, 1.82) is 0 Å². The Bertz CT molecular complexity index is 811. The molecular weight excluding hydrogens is 398 g/mol. The van der Waals surface area contributed by atoms with E-state index in [0.717, 1.165) is 37.2 Å². The van der Waals surface area contributed by atoms with Gasteiger partial charge in [-0.25, -0.2) is 4.68 Å². The van der Waals surface area contributed by atoms with Gasteiger partial charge in [-0.1, -0.05) is 5.21 Å². The maximum atomic E-state index is 12.7. The maximum absolute atomic E-state index is 12.7. The van der Waals surface area contributed by atoms with Crippen LogP contribution in [0.2, 0.25) is 0 Å². The summed E-state index contributed by atoms with van der Waals surface area (Å²) in [6, 6.07) is 3.78. The first-order valence-corrected chi connectivity index (χ1v) is 9.28. The van der Waals surface area contributed by atoms with Gasteiger partial charge < -0.3 is 24.8 Å². The molecule has 29 heavy (non-hydrogen) atoms. The molecule has 2 N–H and O–H groups in total. The van der Waals surface area contributed by atoms with Crippen LogP contribution in [0.25, 0.3) is 0 Å². The van der Waals surface area contributed by atoms with Crippen LogP contribution in [0.15, 0.2) is 12.1 Å². The molecule has 0 unspecified atom stereocenters. The molecule has 0 bridgehead atoms. The molecule has 2 heterocycles. The first kappa shape index (κ1) is 22.8. The van der Waals surface area contributed by atoms with E-state index in [2.05, 4.69) is 20.9 Å². The quantitative estimate of drug-likeness (QED) is 0.698. The van der Waals surface area contributed by atoms with Crippen molar-refractivity contribution in [2.45, 2.75) is 32.4 Å². The second kappa shape index (κ2) is 10.3. The van der Waals surface area contributed by atoms with Gasteiger partial charge in [0.15, 0.2) is 5.69 Å². The first-order chi connectivity index (χ1) is 13.6. The van der Waals surface area contributed by atoms with Crippen LogP contribution in [0.4, 0.5) is 0 Å². The van der Waals surface area contributed by atoms with E-state index in [1.54, 1.807) is 33.5 Å². The van der Waals surface area contributed by atoms with Crippen molar-refractivity contribution >= 4 is 18.3 Å². The zero-order valence-electron chi connectivity index (χ0n) is 17.2. The predicted octanol–water partition coefficient (Wildman–Crippen LogP) is 1.89. The van der Waals surface area contributed by atoms with Crippen molar-refractivity contribution in [3.63, 3.8) is 0 Å². The molecule has 2 aromatic rings. The summed E-state index contributed by atoms with van der Waals surface area (Å²) < 4.78 is 18.0. The number of nitrogens with one attached hydrogen (secondary N) is 2. The fourth-order valence-electron chi connectivity index (χ4n) is 3.45. The largest absolute Gasteiger partial charge is 0.496 e. The Kier molecular flexibility index (Phi) is 8.10. The molecule has 1 aromatic heterocycles. The summed E-state index contributed by atoms with van der Waals surface area (Å²) in [4.78, 5) is 12.7. The Morgan fingerprint density at radius 2 is 1.79 bits per heavy atom. The lowest BCUT2D eigenvalue weighted by Gasteiger charge is -2.23. The van der Waals surface area contributed by atoms with E-state index in [1.807, 2.05) is 11.6 Å². The number of carbonyl (C=O) groups is 1. The number of piperidine rings is 1. The minimum absolute atomic E-state index is 0. The lowest BCUT2D eigenvalue weighted by atomic mass is 10.1. The normalized spacial score (nSPS) is 14.1. The second-order valence-corrected chi connectivity index (χ2v) is 6.64. The Morgan fingerprint density at radius 1 is 1.17 bits per heavy atom. The number of amides is 1. The number of halogens is 1. The summed E-state index contributed by atoms with van der Waals surface area (Å²) >= 11 is 0. The van der Waals surface area contributed by atoms with Crippen LogP contribution in [0.3, 0.4) is 0 Å². The molecule has 1 aliphatic heterocycles. The van der Waals surface area contributed by atoms with E-state index in [9.17, 15) is 4.79 Å². The summed E-state index contributed by atoms with van der Waals surface area (Å²) in [7, 11) is 4.70. The van der Waals surface area contributed by atoms with E-state index in [4.69, 9.17) is 14.2 Å². The number of methoxy groups -OCH3 is 3. The Hall–Kier alpha value is -2.52. The summed E-state index contributed by atoms with van der Waals surface area (Å²) in [5.74, 6) is 1.49. The van der Waals surface area contributed by atoms with Crippen molar-refractivity contribution in [3.05, 3.63) is 29.1 Å². The van der Waals surface area contributed by atoms with Gasteiger partial charge in [-0.15, -0.1) is 17.5 Å². The zero-order chi connectivity index (χ0) is 20.1. The van der Waals surface area contributed by atoms with Crippen molar-refractivity contribution < 1.29 is 19.0 Å². The van der Waals surface area contributed by atoms with Gasteiger partial charge in [-0.2, -0.15) is 0 Å². The van der Waals surface area contributed by atoms with Gasteiger partial charge in [0.05, 0.1) is 45.2 Å². The SMILES string of the molecule is COc1cc(OC)c(CNC(=O)c2nnn(C3CCNCC3)c2C)c(OC)c1.Cl. The summed E-state index contributed by atoms with van der Waals surface area (Å²) in [5.41, 5.74) is 1.84. The van der Waals surface area contributed by atoms with Gasteiger partial charge in [0.1, 0.15) is 17.2 Å². The highest BCUT2D eigenvalue weighted by molar-refractivity contribution is 5.93. The van der Waals surface area contributed by atoms with Gasteiger partial charge in [-0.3, -0.25) is 4.79 Å². The van der Waals surface area contributed by atoms with Gasteiger partial charge in [-0.05, 0) is 32.9 Å². The fraction of sp³-hybridized carbons (Fsp3) is 0.526. The molecular formula is C19H28ClN5O4. The first-order valence-electron chi connectivity index (χ1n) is 9.28. The number of aromatic nitrogens is 3. The van der Waals surface area contributed by atoms with Gasteiger partial charge in [0.2, 0.25) is 0 Å². The van der Waals surface area contributed by atoms with E-state index < -0.39 is 0 Å². The van der Waals surface area contributed by atoms with Gasteiger partial charge >= 0.3 is 0 Å². The Balaban J connectivity index is 0.00000300. The number of nitrogens with zero attached hydrogens (tertiary/aromatic N) is 3. The standard InChI is InChI=1S/C19H27N5O4.ClH/c1-12-18(22-23-24(12)13-5-7-20-8-6-13)19(25)21-11-15-16(27-3)9-14(26-2)10-17(15)28-4;/h9-10,13,20H,5-8,11H2,1-4H3,(H,21,25);1H. The van der Waals surface area contributed by atoms with Crippen LogP contribution in [0, 0.1) is 6.92 Å². The predicted molar refractivity (Wildman–Crippen MR) is 110 cm³/mol. The molecule has 1 amide bonds. The summed E-state index contributed by atoms with van der Waals surface area (Å²) in [5, 5.41) is 14.6. The van der Waals surface area contributed by atoms with Crippen molar-refractivity contribution in [3.8, 4) is 17.2 Å². The van der Waals surface area contributed by atoms with E-state index in [0.29, 0.717) is 22.9 Å². The molecule has 1 saturated heterocycles.